The van der Waals surface area contributed by atoms with Crippen molar-refractivity contribution in [2.75, 3.05) is 13.6 Å². The third-order valence-electron chi connectivity index (χ3n) is 2.91. The first-order valence-electron chi connectivity index (χ1n) is 6.52. The van der Waals surface area contributed by atoms with Crippen molar-refractivity contribution in [3.63, 3.8) is 0 Å². The Labute approximate surface area is 116 Å². The number of halogens is 3. The molecule has 114 valence electrons. The maximum atomic E-state index is 12.0. The minimum absolute atomic E-state index is 0.112. The summed E-state index contributed by atoms with van der Waals surface area (Å²) in [7, 11) is 1.85. The zero-order valence-corrected chi connectivity index (χ0v) is 11.6. The molecule has 0 saturated heterocycles. The van der Waals surface area contributed by atoms with E-state index in [0.29, 0.717) is 0 Å². The fraction of sp³-hybridized carbons (Fsp3) is 0.615. The zero-order valence-electron chi connectivity index (χ0n) is 11.6. The molecule has 1 rings (SSSR count). The lowest BCUT2D eigenvalue weighted by atomic mass is 10.1. The van der Waals surface area contributed by atoms with Crippen molar-refractivity contribution in [1.29, 1.82) is 0 Å². The van der Waals surface area contributed by atoms with Crippen molar-refractivity contribution in [2.24, 2.45) is 0 Å². The van der Waals surface area contributed by atoms with E-state index in [1.807, 2.05) is 18.4 Å². The van der Waals surface area contributed by atoms with Gasteiger partial charge in [0.25, 0.3) is 0 Å². The predicted octanol–water partition coefficient (Wildman–Crippen LogP) is 2.23. The highest BCUT2D eigenvalue weighted by Crippen LogP contribution is 2.18. The van der Waals surface area contributed by atoms with E-state index in [2.05, 4.69) is 12.2 Å². The molecule has 0 fully saturated rings. The van der Waals surface area contributed by atoms with Gasteiger partial charge in [0.1, 0.15) is 13.1 Å². The zero-order chi connectivity index (χ0) is 15.2. The normalized spacial score (nSPS) is 13.2. The molecule has 0 spiro atoms. The topological polar surface area (TPSA) is 46.1 Å². The molecule has 4 nitrogen and oxygen atoms in total. The number of alkyl halides is 3. The van der Waals surface area contributed by atoms with Gasteiger partial charge in [0.2, 0.25) is 5.91 Å². The van der Waals surface area contributed by atoms with Gasteiger partial charge >= 0.3 is 6.18 Å². The highest BCUT2D eigenvalue weighted by molar-refractivity contribution is 5.75. The summed E-state index contributed by atoms with van der Waals surface area (Å²) in [6.07, 6.45) is 1.08. The van der Waals surface area contributed by atoms with Gasteiger partial charge in [0.05, 0.1) is 0 Å². The first-order valence-corrected chi connectivity index (χ1v) is 6.52. The summed E-state index contributed by atoms with van der Waals surface area (Å²) in [6, 6.07) is 2.06. The van der Waals surface area contributed by atoms with Crippen LogP contribution in [0, 0.1) is 0 Å². The lowest BCUT2D eigenvalue weighted by Crippen LogP contribution is -2.35. The summed E-state index contributed by atoms with van der Waals surface area (Å²) in [6.45, 7) is 0.666. The molecule has 1 heterocycles. The summed E-state index contributed by atoms with van der Waals surface area (Å²) in [5.74, 6) is -0.652. The van der Waals surface area contributed by atoms with E-state index >= 15 is 0 Å². The highest BCUT2D eigenvalue weighted by atomic mass is 19.4. The van der Waals surface area contributed by atoms with Gasteiger partial charge in [-0.25, -0.2) is 0 Å². The number of aromatic nitrogens is 1. The van der Waals surface area contributed by atoms with E-state index in [4.69, 9.17) is 0 Å². The summed E-state index contributed by atoms with van der Waals surface area (Å²) >= 11 is 0. The van der Waals surface area contributed by atoms with Crippen molar-refractivity contribution in [3.05, 3.63) is 24.0 Å². The SMILES string of the molecule is CCCC(NC)c1ccn(CC(=O)NCC(F)(F)F)c1. The van der Waals surface area contributed by atoms with Gasteiger partial charge in [-0.3, -0.25) is 4.79 Å². The van der Waals surface area contributed by atoms with Gasteiger partial charge < -0.3 is 15.2 Å². The highest BCUT2D eigenvalue weighted by Gasteiger charge is 2.27. The average molecular weight is 291 g/mol. The van der Waals surface area contributed by atoms with Crippen LogP contribution in [0.1, 0.15) is 31.4 Å². The molecular formula is C13H20F3N3O. The maximum Gasteiger partial charge on any atom is 0.405 e. The first-order chi connectivity index (χ1) is 9.35. The number of amides is 1. The van der Waals surface area contributed by atoms with Crippen LogP contribution in [0.5, 0.6) is 0 Å². The molecule has 7 heteroatoms. The third kappa shape index (κ3) is 5.64. The average Bonchev–Trinajstić information content (AvgIpc) is 2.81. The smallest absolute Gasteiger partial charge is 0.345 e. The van der Waals surface area contributed by atoms with Crippen molar-refractivity contribution in [1.82, 2.24) is 15.2 Å². The van der Waals surface area contributed by atoms with Crippen LogP contribution in [0.25, 0.3) is 0 Å². The van der Waals surface area contributed by atoms with Crippen LogP contribution in [0.15, 0.2) is 18.5 Å². The molecule has 0 aliphatic carbocycles. The molecule has 0 aliphatic rings. The van der Waals surface area contributed by atoms with Gasteiger partial charge in [-0.1, -0.05) is 13.3 Å². The van der Waals surface area contributed by atoms with Crippen molar-refractivity contribution in [3.8, 4) is 0 Å². The molecule has 20 heavy (non-hydrogen) atoms. The van der Waals surface area contributed by atoms with Crippen LogP contribution >= 0.6 is 0 Å². The predicted molar refractivity (Wildman–Crippen MR) is 70.2 cm³/mol. The Bertz CT molecular complexity index is 429. The van der Waals surface area contributed by atoms with Gasteiger partial charge in [-0.2, -0.15) is 13.2 Å². The van der Waals surface area contributed by atoms with Crippen LogP contribution in [0.4, 0.5) is 13.2 Å². The van der Waals surface area contributed by atoms with E-state index in [1.165, 1.54) is 0 Å². The lowest BCUT2D eigenvalue weighted by Gasteiger charge is -2.13. The molecule has 1 aromatic heterocycles. The van der Waals surface area contributed by atoms with Gasteiger partial charge in [0.15, 0.2) is 0 Å². The molecule has 0 aromatic carbocycles. The number of hydrogen-bond acceptors (Lipinski definition) is 2. The molecule has 2 N–H and O–H groups in total. The van der Waals surface area contributed by atoms with E-state index in [9.17, 15) is 18.0 Å². The van der Waals surface area contributed by atoms with Crippen LogP contribution < -0.4 is 10.6 Å². The summed E-state index contributed by atoms with van der Waals surface area (Å²) < 4.78 is 37.5. The maximum absolute atomic E-state index is 12.0. The number of nitrogens with one attached hydrogen (secondary N) is 2. The standard InChI is InChI=1S/C13H20F3N3O/c1-3-4-11(17-2)10-5-6-19(7-10)8-12(20)18-9-13(14,15)16/h5-7,11,17H,3-4,8-9H2,1-2H3,(H,18,20). The Balaban J connectivity index is 2.53. The Morgan fingerprint density at radius 1 is 1.45 bits per heavy atom. The second-order valence-electron chi connectivity index (χ2n) is 4.64. The number of hydrogen-bond donors (Lipinski definition) is 2. The Morgan fingerprint density at radius 2 is 2.15 bits per heavy atom. The first kappa shape index (κ1) is 16.6. The fourth-order valence-corrected chi connectivity index (χ4v) is 1.95. The molecule has 1 amide bonds. The van der Waals surface area contributed by atoms with Crippen molar-refractivity contribution < 1.29 is 18.0 Å². The minimum Gasteiger partial charge on any atom is -0.345 e. The Kier molecular flexibility index (Phi) is 6.06. The van der Waals surface area contributed by atoms with Crippen LogP contribution in [0.2, 0.25) is 0 Å². The van der Waals surface area contributed by atoms with Crippen molar-refractivity contribution in [2.45, 2.75) is 38.5 Å². The van der Waals surface area contributed by atoms with Gasteiger partial charge in [0, 0.05) is 18.4 Å². The Hall–Kier alpha value is -1.50. The van der Waals surface area contributed by atoms with Crippen molar-refractivity contribution >= 4 is 5.91 Å². The minimum atomic E-state index is -4.38. The van der Waals surface area contributed by atoms with E-state index in [0.717, 1.165) is 18.4 Å². The van der Waals surface area contributed by atoms with Gasteiger partial charge in [-0.05, 0) is 25.1 Å². The second kappa shape index (κ2) is 7.33. The number of carbonyl (C=O) groups excluding carboxylic acids is 1. The fourth-order valence-electron chi connectivity index (χ4n) is 1.95. The molecular weight excluding hydrogens is 271 g/mol. The quantitative estimate of drug-likeness (QED) is 0.809. The van der Waals surface area contributed by atoms with Crippen LogP contribution in [-0.4, -0.2) is 30.2 Å². The number of carbonyl (C=O) groups is 1. The molecule has 0 aliphatic heterocycles. The summed E-state index contributed by atoms with van der Waals surface area (Å²) in [5.41, 5.74) is 1.03. The lowest BCUT2D eigenvalue weighted by molar-refractivity contribution is -0.138. The summed E-state index contributed by atoms with van der Waals surface area (Å²) in [4.78, 5) is 11.4. The number of rotatable bonds is 7. The van der Waals surface area contributed by atoms with E-state index in [1.54, 1.807) is 17.0 Å². The molecule has 0 bridgehead atoms. The van der Waals surface area contributed by atoms with E-state index in [-0.39, 0.29) is 12.6 Å². The molecule has 0 saturated carbocycles. The van der Waals surface area contributed by atoms with Crippen LogP contribution in [0.3, 0.4) is 0 Å². The third-order valence-corrected chi connectivity index (χ3v) is 2.91. The molecule has 1 aromatic rings. The Morgan fingerprint density at radius 3 is 2.70 bits per heavy atom. The molecule has 0 radical (unpaired) electrons. The number of nitrogens with zero attached hydrogens (tertiary/aromatic N) is 1. The summed E-state index contributed by atoms with van der Waals surface area (Å²) in [5, 5.41) is 5.02. The van der Waals surface area contributed by atoms with Crippen LogP contribution in [-0.2, 0) is 11.3 Å². The van der Waals surface area contributed by atoms with Gasteiger partial charge in [-0.15, -0.1) is 0 Å². The van der Waals surface area contributed by atoms with E-state index < -0.39 is 18.6 Å². The monoisotopic (exact) mass is 291 g/mol. The molecule has 1 unspecified atom stereocenters. The molecule has 1 atom stereocenters. The largest absolute Gasteiger partial charge is 0.405 e. The second-order valence-corrected chi connectivity index (χ2v) is 4.64.